The van der Waals surface area contributed by atoms with Crippen molar-refractivity contribution in [2.75, 3.05) is 7.05 Å². The molecular formula is C17H20BrNO. The Labute approximate surface area is 129 Å². The molecule has 2 nitrogen and oxygen atoms in total. The summed E-state index contributed by atoms with van der Waals surface area (Å²) in [6.45, 7) is 5.15. The van der Waals surface area contributed by atoms with Crippen molar-refractivity contribution in [2.24, 2.45) is 0 Å². The second kappa shape index (κ2) is 6.91. The van der Waals surface area contributed by atoms with Crippen LogP contribution in [0.4, 0.5) is 0 Å². The van der Waals surface area contributed by atoms with Gasteiger partial charge in [0.15, 0.2) is 0 Å². The van der Waals surface area contributed by atoms with Crippen molar-refractivity contribution in [1.82, 2.24) is 5.32 Å². The second-order valence-corrected chi connectivity index (χ2v) is 6.03. The Morgan fingerprint density at radius 3 is 2.65 bits per heavy atom. The van der Waals surface area contributed by atoms with E-state index >= 15 is 0 Å². The summed E-state index contributed by atoms with van der Waals surface area (Å²) < 4.78 is 7.11. The van der Waals surface area contributed by atoms with Crippen molar-refractivity contribution < 1.29 is 4.74 Å². The van der Waals surface area contributed by atoms with E-state index in [1.54, 1.807) is 0 Å². The first kappa shape index (κ1) is 15.1. The third kappa shape index (κ3) is 3.84. The zero-order chi connectivity index (χ0) is 14.5. The normalized spacial score (nSPS) is 10.8. The summed E-state index contributed by atoms with van der Waals surface area (Å²) in [5.74, 6) is 2.28. The minimum atomic E-state index is 0.500. The highest BCUT2D eigenvalue weighted by atomic mass is 79.9. The maximum Gasteiger partial charge on any atom is 0.131 e. The van der Waals surface area contributed by atoms with Gasteiger partial charge in [-0.05, 0) is 48.9 Å². The van der Waals surface area contributed by atoms with Crippen LogP contribution in [0.5, 0.6) is 11.5 Å². The van der Waals surface area contributed by atoms with Crippen LogP contribution in [0.15, 0.2) is 46.9 Å². The molecule has 0 heterocycles. The summed E-state index contributed by atoms with van der Waals surface area (Å²) in [5.41, 5.74) is 2.42. The molecule has 0 saturated carbocycles. The molecule has 2 aromatic carbocycles. The van der Waals surface area contributed by atoms with Crippen molar-refractivity contribution >= 4 is 15.9 Å². The molecule has 0 fully saturated rings. The van der Waals surface area contributed by atoms with E-state index in [1.807, 2.05) is 31.3 Å². The van der Waals surface area contributed by atoms with Gasteiger partial charge in [-0.15, -0.1) is 0 Å². The molecule has 20 heavy (non-hydrogen) atoms. The number of nitrogens with one attached hydrogen (secondary N) is 1. The molecule has 0 atom stereocenters. The van der Waals surface area contributed by atoms with E-state index in [0.29, 0.717) is 5.92 Å². The maximum absolute atomic E-state index is 6.05. The predicted octanol–water partition coefficient (Wildman–Crippen LogP) is 5.08. The van der Waals surface area contributed by atoms with Crippen LogP contribution in [0, 0.1) is 0 Å². The molecule has 0 aromatic heterocycles. The van der Waals surface area contributed by atoms with Crippen LogP contribution in [-0.2, 0) is 6.54 Å². The maximum atomic E-state index is 6.05. The van der Waals surface area contributed by atoms with Gasteiger partial charge in [0.25, 0.3) is 0 Å². The minimum absolute atomic E-state index is 0.500. The Balaban J connectivity index is 2.27. The van der Waals surface area contributed by atoms with Gasteiger partial charge >= 0.3 is 0 Å². The zero-order valence-corrected chi connectivity index (χ0v) is 13.7. The van der Waals surface area contributed by atoms with Crippen molar-refractivity contribution in [3.63, 3.8) is 0 Å². The van der Waals surface area contributed by atoms with Crippen molar-refractivity contribution in [3.05, 3.63) is 58.1 Å². The highest BCUT2D eigenvalue weighted by molar-refractivity contribution is 9.10. The number of halogens is 1. The van der Waals surface area contributed by atoms with Crippen LogP contribution in [0.2, 0.25) is 0 Å². The summed E-state index contributed by atoms with van der Waals surface area (Å²) >= 11 is 3.50. The van der Waals surface area contributed by atoms with Crippen molar-refractivity contribution in [3.8, 4) is 11.5 Å². The largest absolute Gasteiger partial charge is 0.457 e. The first-order valence-corrected chi connectivity index (χ1v) is 7.60. The van der Waals surface area contributed by atoms with Gasteiger partial charge < -0.3 is 10.1 Å². The first-order valence-electron chi connectivity index (χ1n) is 6.81. The molecule has 0 radical (unpaired) electrons. The molecule has 2 rings (SSSR count). The van der Waals surface area contributed by atoms with Gasteiger partial charge in [0.2, 0.25) is 0 Å². The van der Waals surface area contributed by atoms with E-state index in [1.165, 1.54) is 5.56 Å². The van der Waals surface area contributed by atoms with E-state index < -0.39 is 0 Å². The minimum Gasteiger partial charge on any atom is -0.457 e. The number of hydrogen-bond donors (Lipinski definition) is 1. The fourth-order valence-corrected chi connectivity index (χ4v) is 2.45. The summed E-state index contributed by atoms with van der Waals surface area (Å²) in [6, 6.07) is 14.4. The third-order valence-electron chi connectivity index (χ3n) is 3.14. The SMILES string of the molecule is CNCc1cc(Br)ccc1Oc1cccc(C(C)C)c1. The van der Waals surface area contributed by atoms with Crippen LogP contribution >= 0.6 is 15.9 Å². The van der Waals surface area contributed by atoms with Crippen molar-refractivity contribution in [2.45, 2.75) is 26.3 Å². The van der Waals surface area contributed by atoms with Gasteiger partial charge in [0.1, 0.15) is 11.5 Å². The lowest BCUT2D eigenvalue weighted by Crippen LogP contribution is -2.06. The molecule has 0 spiro atoms. The molecular weight excluding hydrogens is 314 g/mol. The van der Waals surface area contributed by atoms with Crippen LogP contribution in [-0.4, -0.2) is 7.05 Å². The fraction of sp³-hybridized carbons (Fsp3) is 0.294. The molecule has 0 aliphatic heterocycles. The standard InChI is InChI=1S/C17H20BrNO/c1-12(2)13-5-4-6-16(10-13)20-17-8-7-15(18)9-14(17)11-19-3/h4-10,12,19H,11H2,1-3H3. The molecule has 0 aliphatic rings. The Hall–Kier alpha value is -1.32. The Morgan fingerprint density at radius 2 is 1.95 bits per heavy atom. The van der Waals surface area contributed by atoms with Crippen LogP contribution in [0.3, 0.4) is 0 Å². The number of ether oxygens (including phenoxy) is 1. The molecule has 0 bridgehead atoms. The molecule has 0 aliphatic carbocycles. The third-order valence-corrected chi connectivity index (χ3v) is 3.64. The Kier molecular flexibility index (Phi) is 5.21. The van der Waals surface area contributed by atoms with Crippen LogP contribution < -0.4 is 10.1 Å². The highest BCUT2D eigenvalue weighted by Crippen LogP contribution is 2.29. The average molecular weight is 334 g/mol. The molecule has 1 N–H and O–H groups in total. The van der Waals surface area contributed by atoms with E-state index in [4.69, 9.17) is 4.74 Å². The van der Waals surface area contributed by atoms with Crippen LogP contribution in [0.25, 0.3) is 0 Å². The molecule has 0 saturated heterocycles. The molecule has 0 unspecified atom stereocenters. The van der Waals surface area contributed by atoms with E-state index in [-0.39, 0.29) is 0 Å². The highest BCUT2D eigenvalue weighted by Gasteiger charge is 2.07. The lowest BCUT2D eigenvalue weighted by atomic mass is 10.0. The number of benzene rings is 2. The Morgan fingerprint density at radius 1 is 1.15 bits per heavy atom. The van der Waals surface area contributed by atoms with Gasteiger partial charge in [-0.1, -0.05) is 41.9 Å². The molecule has 2 aromatic rings. The molecule has 3 heteroatoms. The number of rotatable bonds is 5. The summed E-state index contributed by atoms with van der Waals surface area (Å²) in [6.07, 6.45) is 0. The van der Waals surface area contributed by atoms with Gasteiger partial charge in [0.05, 0.1) is 0 Å². The smallest absolute Gasteiger partial charge is 0.131 e. The second-order valence-electron chi connectivity index (χ2n) is 5.11. The summed E-state index contributed by atoms with van der Waals surface area (Å²) in [7, 11) is 1.93. The van der Waals surface area contributed by atoms with Gasteiger partial charge in [-0.3, -0.25) is 0 Å². The molecule has 0 amide bonds. The van der Waals surface area contributed by atoms with E-state index in [9.17, 15) is 0 Å². The Bertz CT molecular complexity index is 581. The van der Waals surface area contributed by atoms with Crippen LogP contribution in [0.1, 0.15) is 30.9 Å². The average Bonchev–Trinajstić information content (AvgIpc) is 2.42. The van der Waals surface area contributed by atoms with Gasteiger partial charge in [-0.2, -0.15) is 0 Å². The lowest BCUT2D eigenvalue weighted by molar-refractivity contribution is 0.473. The first-order chi connectivity index (χ1) is 9.60. The van der Waals surface area contributed by atoms with E-state index in [2.05, 4.69) is 53.3 Å². The lowest BCUT2D eigenvalue weighted by Gasteiger charge is -2.13. The molecule has 106 valence electrons. The van der Waals surface area contributed by atoms with E-state index in [0.717, 1.165) is 28.1 Å². The predicted molar refractivity (Wildman–Crippen MR) is 87.5 cm³/mol. The summed E-state index contributed by atoms with van der Waals surface area (Å²) in [4.78, 5) is 0. The van der Waals surface area contributed by atoms with Gasteiger partial charge in [0, 0.05) is 16.6 Å². The topological polar surface area (TPSA) is 21.3 Å². The van der Waals surface area contributed by atoms with Crippen molar-refractivity contribution in [1.29, 1.82) is 0 Å². The monoisotopic (exact) mass is 333 g/mol. The fourth-order valence-electron chi connectivity index (χ4n) is 2.04. The quantitative estimate of drug-likeness (QED) is 0.823. The summed E-state index contributed by atoms with van der Waals surface area (Å²) in [5, 5.41) is 3.17. The van der Waals surface area contributed by atoms with Gasteiger partial charge in [-0.25, -0.2) is 0 Å². The zero-order valence-electron chi connectivity index (χ0n) is 12.1. The number of hydrogen-bond acceptors (Lipinski definition) is 2.